The SMILES string of the molecule is C#CCN1C(=O)S/C(=C/c2ccc(OCc3ccc(Cl)c(Cl)c3)c(Br)c2)C1=O. The zero-order chi connectivity index (χ0) is 20.3. The van der Waals surface area contributed by atoms with Crippen molar-refractivity contribution in [3.63, 3.8) is 0 Å². The van der Waals surface area contributed by atoms with Crippen molar-refractivity contribution in [2.75, 3.05) is 6.54 Å². The number of halogens is 3. The lowest BCUT2D eigenvalue weighted by Gasteiger charge is -2.10. The summed E-state index contributed by atoms with van der Waals surface area (Å²) in [5.74, 6) is 2.55. The van der Waals surface area contributed by atoms with Crippen LogP contribution in [0.15, 0.2) is 45.8 Å². The van der Waals surface area contributed by atoms with Crippen molar-refractivity contribution in [1.82, 2.24) is 4.90 Å². The molecule has 4 nitrogen and oxygen atoms in total. The summed E-state index contributed by atoms with van der Waals surface area (Å²) in [5.41, 5.74) is 1.63. The molecule has 1 aliphatic heterocycles. The number of hydrogen-bond acceptors (Lipinski definition) is 4. The number of imide groups is 1. The predicted octanol–water partition coefficient (Wildman–Crippen LogP) is 6.00. The average molecular weight is 497 g/mol. The standard InChI is InChI=1S/C20H12BrCl2NO3S/c1-2-7-24-19(25)18(28-20(24)26)10-12-4-6-17(14(21)8-12)27-11-13-3-5-15(22)16(23)9-13/h1,3-6,8-10H,7,11H2/b18-10+. The third-order valence-electron chi connectivity index (χ3n) is 3.76. The van der Waals surface area contributed by atoms with Crippen molar-refractivity contribution in [2.45, 2.75) is 6.61 Å². The van der Waals surface area contributed by atoms with E-state index in [1.165, 1.54) is 0 Å². The maximum atomic E-state index is 12.2. The number of rotatable bonds is 5. The lowest BCUT2D eigenvalue weighted by Crippen LogP contribution is -2.28. The van der Waals surface area contributed by atoms with Gasteiger partial charge in [-0.1, -0.05) is 41.3 Å². The van der Waals surface area contributed by atoms with E-state index in [1.54, 1.807) is 36.4 Å². The van der Waals surface area contributed by atoms with Crippen molar-refractivity contribution in [2.24, 2.45) is 0 Å². The van der Waals surface area contributed by atoms with Gasteiger partial charge in [0.1, 0.15) is 12.4 Å². The van der Waals surface area contributed by atoms with Crippen molar-refractivity contribution in [3.05, 3.63) is 66.9 Å². The molecule has 3 rings (SSSR count). The second-order valence-electron chi connectivity index (χ2n) is 5.70. The summed E-state index contributed by atoms with van der Waals surface area (Å²) in [7, 11) is 0. The molecule has 1 saturated heterocycles. The number of hydrogen-bond donors (Lipinski definition) is 0. The van der Waals surface area contributed by atoms with Gasteiger partial charge in [-0.25, -0.2) is 0 Å². The first-order valence-electron chi connectivity index (χ1n) is 7.94. The molecule has 1 heterocycles. The van der Waals surface area contributed by atoms with Crippen molar-refractivity contribution >= 4 is 68.1 Å². The minimum atomic E-state index is -0.385. The summed E-state index contributed by atoms with van der Waals surface area (Å²) in [4.78, 5) is 25.5. The Balaban J connectivity index is 1.72. The molecule has 2 aromatic rings. The lowest BCUT2D eigenvalue weighted by atomic mass is 10.2. The number of ether oxygens (including phenoxy) is 1. The Morgan fingerprint density at radius 2 is 1.96 bits per heavy atom. The fourth-order valence-corrected chi connectivity index (χ4v) is 4.06. The molecule has 2 aromatic carbocycles. The van der Waals surface area contributed by atoms with Gasteiger partial charge >= 0.3 is 0 Å². The van der Waals surface area contributed by atoms with Crippen LogP contribution in [0.4, 0.5) is 4.79 Å². The first kappa shape index (κ1) is 20.8. The molecule has 0 aromatic heterocycles. The summed E-state index contributed by atoms with van der Waals surface area (Å²) in [6.07, 6.45) is 6.84. The largest absolute Gasteiger partial charge is 0.488 e. The monoisotopic (exact) mass is 495 g/mol. The average Bonchev–Trinajstić information content (AvgIpc) is 2.91. The second kappa shape index (κ2) is 9.06. The number of carbonyl (C=O) groups excluding carboxylic acids is 2. The Labute approximate surface area is 185 Å². The van der Waals surface area contributed by atoms with Crippen molar-refractivity contribution in [3.8, 4) is 18.1 Å². The van der Waals surface area contributed by atoms with Gasteiger partial charge in [0.05, 0.1) is 26.0 Å². The maximum Gasteiger partial charge on any atom is 0.294 e. The number of carbonyl (C=O) groups is 2. The third-order valence-corrected chi connectivity index (χ3v) is 6.02. The van der Waals surface area contributed by atoms with E-state index in [2.05, 4.69) is 21.9 Å². The van der Waals surface area contributed by atoms with E-state index in [0.717, 1.165) is 27.8 Å². The summed E-state index contributed by atoms with van der Waals surface area (Å²) >= 11 is 16.3. The van der Waals surface area contributed by atoms with Crippen LogP contribution in [-0.4, -0.2) is 22.6 Å². The highest BCUT2D eigenvalue weighted by Gasteiger charge is 2.34. The van der Waals surface area contributed by atoms with Crippen LogP contribution in [0.2, 0.25) is 10.0 Å². The molecule has 1 aliphatic rings. The highest BCUT2D eigenvalue weighted by molar-refractivity contribution is 9.10. The number of thioether (sulfide) groups is 1. The number of nitrogens with zero attached hydrogens (tertiary/aromatic N) is 1. The fraction of sp³-hybridized carbons (Fsp3) is 0.100. The van der Waals surface area contributed by atoms with Crippen LogP contribution in [0.5, 0.6) is 5.75 Å². The highest BCUT2D eigenvalue weighted by atomic mass is 79.9. The third kappa shape index (κ3) is 4.73. The number of amides is 2. The van der Waals surface area contributed by atoms with E-state index >= 15 is 0 Å². The van der Waals surface area contributed by atoms with Gasteiger partial charge in [0.2, 0.25) is 0 Å². The van der Waals surface area contributed by atoms with Crippen LogP contribution in [-0.2, 0) is 11.4 Å². The topological polar surface area (TPSA) is 46.6 Å². The zero-order valence-electron chi connectivity index (χ0n) is 14.2. The minimum Gasteiger partial charge on any atom is -0.488 e. The molecule has 142 valence electrons. The summed E-state index contributed by atoms with van der Waals surface area (Å²) in [6.45, 7) is 0.285. The van der Waals surface area contributed by atoms with Crippen LogP contribution in [0.1, 0.15) is 11.1 Å². The minimum absolute atomic E-state index is 0.0345. The molecule has 0 N–H and O–H groups in total. The molecule has 0 aliphatic carbocycles. The highest BCUT2D eigenvalue weighted by Crippen LogP contribution is 2.34. The lowest BCUT2D eigenvalue weighted by molar-refractivity contribution is -0.122. The van der Waals surface area contributed by atoms with E-state index < -0.39 is 0 Å². The fourth-order valence-electron chi connectivity index (χ4n) is 2.39. The Bertz CT molecular complexity index is 1030. The molecule has 8 heteroatoms. The van der Waals surface area contributed by atoms with E-state index in [4.69, 9.17) is 34.4 Å². The van der Waals surface area contributed by atoms with E-state index in [9.17, 15) is 9.59 Å². The first-order valence-corrected chi connectivity index (χ1v) is 10.3. The first-order chi connectivity index (χ1) is 13.4. The van der Waals surface area contributed by atoms with Gasteiger partial charge in [-0.05, 0) is 69.2 Å². The molecule has 0 atom stereocenters. The molecular formula is C20H12BrCl2NO3S. The molecule has 0 unspecified atom stereocenters. The Morgan fingerprint density at radius 3 is 2.64 bits per heavy atom. The van der Waals surface area contributed by atoms with Gasteiger partial charge in [0.15, 0.2) is 0 Å². The van der Waals surface area contributed by atoms with Gasteiger partial charge in [-0.2, -0.15) is 0 Å². The van der Waals surface area contributed by atoms with Gasteiger partial charge in [-0.3, -0.25) is 14.5 Å². The maximum absolute atomic E-state index is 12.2. The van der Waals surface area contributed by atoms with Gasteiger partial charge < -0.3 is 4.74 Å². The van der Waals surface area contributed by atoms with Crippen LogP contribution in [0.25, 0.3) is 6.08 Å². The molecule has 0 saturated carbocycles. The Hall–Kier alpha value is -1.91. The molecule has 0 spiro atoms. The second-order valence-corrected chi connectivity index (χ2v) is 8.36. The van der Waals surface area contributed by atoms with Crippen molar-refractivity contribution < 1.29 is 14.3 Å². The van der Waals surface area contributed by atoms with Crippen LogP contribution in [0.3, 0.4) is 0 Å². The Kier molecular flexibility index (Phi) is 6.73. The molecule has 0 radical (unpaired) electrons. The van der Waals surface area contributed by atoms with Crippen LogP contribution < -0.4 is 4.74 Å². The molecule has 0 bridgehead atoms. The number of terminal acetylenes is 1. The summed E-state index contributed by atoms with van der Waals surface area (Å²) < 4.78 is 6.52. The molecule has 28 heavy (non-hydrogen) atoms. The van der Waals surface area contributed by atoms with Gasteiger partial charge in [0, 0.05) is 0 Å². The molecule has 1 fully saturated rings. The van der Waals surface area contributed by atoms with Crippen LogP contribution >= 0.6 is 50.9 Å². The van der Waals surface area contributed by atoms with E-state index in [0.29, 0.717) is 31.8 Å². The zero-order valence-corrected chi connectivity index (χ0v) is 18.2. The predicted molar refractivity (Wildman–Crippen MR) is 116 cm³/mol. The smallest absolute Gasteiger partial charge is 0.294 e. The Morgan fingerprint density at radius 1 is 1.18 bits per heavy atom. The molecule has 2 amide bonds. The van der Waals surface area contributed by atoms with E-state index in [1.807, 2.05) is 6.07 Å². The normalized spacial score (nSPS) is 15.2. The molecular weight excluding hydrogens is 485 g/mol. The van der Waals surface area contributed by atoms with Crippen molar-refractivity contribution in [1.29, 1.82) is 0 Å². The van der Waals surface area contributed by atoms with Gasteiger partial charge in [-0.15, -0.1) is 6.42 Å². The van der Waals surface area contributed by atoms with Gasteiger partial charge in [0.25, 0.3) is 11.1 Å². The summed E-state index contributed by atoms with van der Waals surface area (Å²) in [6, 6.07) is 10.7. The quantitative estimate of drug-likeness (QED) is 0.376. The number of benzene rings is 2. The van der Waals surface area contributed by atoms with E-state index in [-0.39, 0.29) is 17.7 Å². The van der Waals surface area contributed by atoms with Crippen LogP contribution in [0, 0.1) is 12.3 Å². The summed E-state index contributed by atoms with van der Waals surface area (Å²) in [5, 5.41) is 0.591.